The maximum Gasteiger partial charge on any atom is 0.269 e. The van der Waals surface area contributed by atoms with Gasteiger partial charge in [0.2, 0.25) is 0 Å². The molecule has 0 aliphatic rings. The Morgan fingerprint density at radius 2 is 1.04 bits per heavy atom. The number of quaternary nitrogens is 1. The zero-order valence-electron chi connectivity index (χ0n) is 13.4. The van der Waals surface area contributed by atoms with Gasteiger partial charge in [-0.1, -0.05) is 0 Å². The smallest absolute Gasteiger partial charge is 0.269 e. The molecule has 2 aromatic carbocycles. The van der Waals surface area contributed by atoms with Gasteiger partial charge in [0.1, 0.15) is 13.1 Å². The van der Waals surface area contributed by atoms with E-state index in [9.17, 15) is 20.2 Å². The molecule has 8 heteroatoms. The molecule has 0 aromatic heterocycles. The molecule has 0 aliphatic heterocycles. The van der Waals surface area contributed by atoms with Crippen molar-refractivity contribution in [2.24, 2.45) is 0 Å². The van der Waals surface area contributed by atoms with Crippen LogP contribution in [0.25, 0.3) is 0 Å². The van der Waals surface area contributed by atoms with Gasteiger partial charge in [-0.25, -0.2) is 0 Å². The Kier molecular flexibility index (Phi) is 6.56. The number of rotatable bonds is 6. The molecular weight excluding hydrogens is 378 g/mol. The third-order valence-corrected chi connectivity index (χ3v) is 3.52. The van der Waals surface area contributed by atoms with Crippen molar-refractivity contribution in [3.05, 3.63) is 79.9 Å². The number of nitro groups is 2. The summed E-state index contributed by atoms with van der Waals surface area (Å²) in [6, 6.07) is 13.0. The van der Waals surface area contributed by atoms with E-state index in [1.807, 2.05) is 14.1 Å². The first-order valence-electron chi connectivity index (χ1n) is 7.05. The summed E-state index contributed by atoms with van der Waals surface area (Å²) in [6.07, 6.45) is 0. The van der Waals surface area contributed by atoms with Crippen LogP contribution in [0.2, 0.25) is 0 Å². The van der Waals surface area contributed by atoms with Crippen LogP contribution in [0.15, 0.2) is 48.5 Å². The lowest BCUT2D eigenvalue weighted by Gasteiger charge is -2.30. The molecular formula is C16H18BrN3O4. The van der Waals surface area contributed by atoms with E-state index in [0.717, 1.165) is 11.1 Å². The van der Waals surface area contributed by atoms with Gasteiger partial charge < -0.3 is 21.5 Å². The highest BCUT2D eigenvalue weighted by Crippen LogP contribution is 2.19. The minimum absolute atomic E-state index is 0. The van der Waals surface area contributed by atoms with Gasteiger partial charge >= 0.3 is 0 Å². The number of benzene rings is 2. The fourth-order valence-electron chi connectivity index (χ4n) is 2.49. The molecule has 0 saturated heterocycles. The van der Waals surface area contributed by atoms with E-state index in [2.05, 4.69) is 0 Å². The molecule has 0 radical (unpaired) electrons. The quantitative estimate of drug-likeness (QED) is 0.399. The van der Waals surface area contributed by atoms with E-state index in [4.69, 9.17) is 0 Å². The highest BCUT2D eigenvalue weighted by Gasteiger charge is 2.18. The zero-order valence-corrected chi connectivity index (χ0v) is 15.0. The second-order valence-corrected chi connectivity index (χ2v) is 6.10. The summed E-state index contributed by atoms with van der Waals surface area (Å²) in [6.45, 7) is 1.41. The van der Waals surface area contributed by atoms with Crippen LogP contribution in [0.1, 0.15) is 11.1 Å². The van der Waals surface area contributed by atoms with E-state index < -0.39 is 9.85 Å². The molecule has 2 aromatic rings. The molecule has 0 heterocycles. The average molecular weight is 396 g/mol. The number of non-ortho nitro benzene ring substituents is 2. The van der Waals surface area contributed by atoms with Gasteiger partial charge in [0.05, 0.1) is 23.9 Å². The molecule has 0 fully saturated rings. The third-order valence-electron chi connectivity index (χ3n) is 3.52. The number of halogens is 1. The molecule has 7 nitrogen and oxygen atoms in total. The van der Waals surface area contributed by atoms with Crippen LogP contribution in [0.4, 0.5) is 11.4 Å². The summed E-state index contributed by atoms with van der Waals surface area (Å²) in [4.78, 5) is 20.5. The summed E-state index contributed by atoms with van der Waals surface area (Å²) >= 11 is 0. The molecule has 0 atom stereocenters. The topological polar surface area (TPSA) is 86.3 Å². The van der Waals surface area contributed by atoms with E-state index in [1.165, 1.54) is 24.3 Å². The second-order valence-electron chi connectivity index (χ2n) is 6.10. The Morgan fingerprint density at radius 1 is 0.750 bits per heavy atom. The molecule has 0 bridgehead atoms. The molecule has 0 aliphatic carbocycles. The van der Waals surface area contributed by atoms with E-state index in [0.29, 0.717) is 17.6 Å². The van der Waals surface area contributed by atoms with Crippen molar-refractivity contribution in [1.29, 1.82) is 0 Å². The SMILES string of the molecule is C[N+](C)(Cc1ccc([N+](=O)[O-])cc1)Cc1ccc([N+](=O)[O-])cc1.[Br-]. The van der Waals surface area contributed by atoms with Crippen LogP contribution in [0.5, 0.6) is 0 Å². The van der Waals surface area contributed by atoms with Crippen LogP contribution in [0.3, 0.4) is 0 Å². The Morgan fingerprint density at radius 3 is 1.29 bits per heavy atom. The minimum atomic E-state index is -0.416. The summed E-state index contributed by atoms with van der Waals surface area (Å²) in [5.41, 5.74) is 2.16. The Balaban J connectivity index is 0.00000288. The van der Waals surface area contributed by atoms with Crippen LogP contribution in [-0.2, 0) is 13.1 Å². The van der Waals surface area contributed by atoms with E-state index >= 15 is 0 Å². The van der Waals surface area contributed by atoms with Gasteiger partial charge in [-0.15, -0.1) is 0 Å². The molecule has 0 amide bonds. The van der Waals surface area contributed by atoms with Crippen molar-refractivity contribution in [2.45, 2.75) is 13.1 Å². The van der Waals surface area contributed by atoms with Crippen LogP contribution in [-0.4, -0.2) is 28.4 Å². The first kappa shape index (κ1) is 19.7. The number of nitro benzene ring substituents is 2. The molecule has 2 rings (SSSR count). The maximum absolute atomic E-state index is 10.7. The van der Waals surface area contributed by atoms with Crippen molar-refractivity contribution in [3.8, 4) is 0 Å². The average Bonchev–Trinajstić information content (AvgIpc) is 2.47. The van der Waals surface area contributed by atoms with Gasteiger partial charge in [0.15, 0.2) is 0 Å². The fourth-order valence-corrected chi connectivity index (χ4v) is 2.49. The molecule has 0 saturated carbocycles. The van der Waals surface area contributed by atoms with Crippen LogP contribution < -0.4 is 17.0 Å². The third kappa shape index (κ3) is 5.39. The minimum Gasteiger partial charge on any atom is -1.00 e. The highest BCUT2D eigenvalue weighted by atomic mass is 79.9. The summed E-state index contributed by atoms with van der Waals surface area (Å²) in [5, 5.41) is 21.3. The molecule has 128 valence electrons. The second kappa shape index (κ2) is 7.98. The first-order valence-corrected chi connectivity index (χ1v) is 7.05. The predicted octanol–water partition coefficient (Wildman–Crippen LogP) is 0.284. The lowest BCUT2D eigenvalue weighted by atomic mass is 10.1. The van der Waals surface area contributed by atoms with E-state index in [1.54, 1.807) is 24.3 Å². The summed E-state index contributed by atoms with van der Waals surface area (Å²) in [7, 11) is 4.09. The van der Waals surface area contributed by atoms with Gasteiger partial charge in [-0.2, -0.15) is 0 Å². The largest absolute Gasteiger partial charge is 1.00 e. The van der Waals surface area contributed by atoms with Gasteiger partial charge in [-0.05, 0) is 24.3 Å². The van der Waals surface area contributed by atoms with Crippen molar-refractivity contribution < 1.29 is 31.3 Å². The van der Waals surface area contributed by atoms with Crippen molar-refractivity contribution >= 4 is 11.4 Å². The Hall–Kier alpha value is -2.32. The summed E-state index contributed by atoms with van der Waals surface area (Å²) < 4.78 is 0.635. The zero-order chi connectivity index (χ0) is 17.0. The monoisotopic (exact) mass is 395 g/mol. The first-order chi connectivity index (χ1) is 10.8. The predicted molar refractivity (Wildman–Crippen MR) is 85.7 cm³/mol. The van der Waals surface area contributed by atoms with Crippen molar-refractivity contribution in [1.82, 2.24) is 0 Å². The summed E-state index contributed by atoms with van der Waals surface area (Å²) in [5.74, 6) is 0. The normalized spacial score (nSPS) is 10.8. The lowest BCUT2D eigenvalue weighted by Crippen LogP contribution is -3.00. The Labute approximate surface area is 150 Å². The van der Waals surface area contributed by atoms with Crippen molar-refractivity contribution in [3.63, 3.8) is 0 Å². The van der Waals surface area contributed by atoms with Crippen LogP contribution >= 0.6 is 0 Å². The molecule has 0 N–H and O–H groups in total. The molecule has 24 heavy (non-hydrogen) atoms. The van der Waals surface area contributed by atoms with E-state index in [-0.39, 0.29) is 28.4 Å². The van der Waals surface area contributed by atoms with Crippen LogP contribution in [0, 0.1) is 20.2 Å². The standard InChI is InChI=1S/C16H18N3O4.BrH/c1-19(2,11-13-3-7-15(8-4-13)17(20)21)12-14-5-9-16(10-6-14)18(22)23;/h3-10H,11-12H2,1-2H3;1H/q+1;/p-1. The maximum atomic E-state index is 10.7. The Bertz CT molecular complexity index is 654. The number of nitrogens with zero attached hydrogens (tertiary/aromatic N) is 3. The number of hydrogen-bond donors (Lipinski definition) is 0. The fraction of sp³-hybridized carbons (Fsp3) is 0.250. The lowest BCUT2D eigenvalue weighted by molar-refractivity contribution is -0.916. The molecule has 0 unspecified atom stereocenters. The van der Waals surface area contributed by atoms with Gasteiger partial charge in [0, 0.05) is 35.4 Å². The molecule has 0 spiro atoms. The van der Waals surface area contributed by atoms with Gasteiger partial charge in [0.25, 0.3) is 11.4 Å². The highest BCUT2D eigenvalue weighted by molar-refractivity contribution is 5.33. The van der Waals surface area contributed by atoms with Crippen molar-refractivity contribution in [2.75, 3.05) is 14.1 Å². The number of hydrogen-bond acceptors (Lipinski definition) is 4. The van der Waals surface area contributed by atoms with Gasteiger partial charge in [-0.3, -0.25) is 20.2 Å².